The van der Waals surface area contributed by atoms with Crippen LogP contribution in [0.5, 0.6) is 0 Å². The SMILES string of the molecule is CC1(C(=O)O)Cc2ccccc2C1. The van der Waals surface area contributed by atoms with Crippen LogP contribution in [0.3, 0.4) is 0 Å². The van der Waals surface area contributed by atoms with E-state index < -0.39 is 11.4 Å². The molecular formula is C11H12O2. The molecule has 2 nitrogen and oxygen atoms in total. The van der Waals surface area contributed by atoms with Gasteiger partial charge in [-0.3, -0.25) is 4.79 Å². The number of fused-ring (bicyclic) bond motifs is 1. The first-order valence-corrected chi connectivity index (χ1v) is 4.42. The minimum Gasteiger partial charge on any atom is -0.481 e. The number of rotatable bonds is 1. The van der Waals surface area contributed by atoms with Gasteiger partial charge in [-0.2, -0.15) is 0 Å². The number of hydrogen-bond acceptors (Lipinski definition) is 1. The van der Waals surface area contributed by atoms with Crippen molar-refractivity contribution in [2.24, 2.45) is 5.41 Å². The zero-order chi connectivity index (χ0) is 9.47. The Kier molecular flexibility index (Phi) is 1.65. The lowest BCUT2D eigenvalue weighted by atomic mass is 9.88. The predicted octanol–water partition coefficient (Wildman–Crippen LogP) is 1.88. The summed E-state index contributed by atoms with van der Waals surface area (Å²) in [6.45, 7) is 1.81. The van der Waals surface area contributed by atoms with Crippen LogP contribution in [0, 0.1) is 5.41 Å². The van der Waals surface area contributed by atoms with Crippen molar-refractivity contribution in [3.8, 4) is 0 Å². The molecule has 0 bridgehead atoms. The molecule has 0 aromatic heterocycles. The number of benzene rings is 1. The highest BCUT2D eigenvalue weighted by atomic mass is 16.4. The van der Waals surface area contributed by atoms with E-state index in [1.807, 2.05) is 31.2 Å². The van der Waals surface area contributed by atoms with E-state index in [4.69, 9.17) is 5.11 Å². The molecule has 0 aliphatic heterocycles. The van der Waals surface area contributed by atoms with Gasteiger partial charge in [-0.25, -0.2) is 0 Å². The van der Waals surface area contributed by atoms with Gasteiger partial charge < -0.3 is 5.11 Å². The summed E-state index contributed by atoms with van der Waals surface area (Å²) in [5.41, 5.74) is 1.80. The van der Waals surface area contributed by atoms with Crippen LogP contribution in [0.15, 0.2) is 24.3 Å². The second-order valence-electron chi connectivity index (χ2n) is 3.99. The maximum atomic E-state index is 11.0. The number of carbonyl (C=O) groups is 1. The van der Waals surface area contributed by atoms with Gasteiger partial charge in [0.15, 0.2) is 0 Å². The number of aliphatic carboxylic acids is 1. The van der Waals surface area contributed by atoms with Gasteiger partial charge in [0.25, 0.3) is 0 Å². The second-order valence-corrected chi connectivity index (χ2v) is 3.99. The molecular weight excluding hydrogens is 164 g/mol. The summed E-state index contributed by atoms with van der Waals surface area (Å²) in [4.78, 5) is 11.0. The number of carboxylic acids is 1. The van der Waals surface area contributed by atoms with Crippen LogP contribution in [0.25, 0.3) is 0 Å². The Morgan fingerprint density at radius 2 is 1.77 bits per heavy atom. The summed E-state index contributed by atoms with van der Waals surface area (Å²) >= 11 is 0. The molecule has 1 N–H and O–H groups in total. The van der Waals surface area contributed by atoms with E-state index in [0.29, 0.717) is 12.8 Å². The Labute approximate surface area is 77.2 Å². The van der Waals surface area contributed by atoms with Gasteiger partial charge in [-0.1, -0.05) is 24.3 Å². The van der Waals surface area contributed by atoms with Gasteiger partial charge in [0.1, 0.15) is 0 Å². The van der Waals surface area contributed by atoms with E-state index in [9.17, 15) is 4.79 Å². The zero-order valence-corrected chi connectivity index (χ0v) is 7.58. The molecule has 0 unspecified atom stereocenters. The topological polar surface area (TPSA) is 37.3 Å². The first-order chi connectivity index (χ1) is 6.12. The lowest BCUT2D eigenvalue weighted by Crippen LogP contribution is -2.27. The molecule has 0 heterocycles. The van der Waals surface area contributed by atoms with Gasteiger partial charge in [-0.15, -0.1) is 0 Å². The van der Waals surface area contributed by atoms with Crippen molar-refractivity contribution in [1.82, 2.24) is 0 Å². The van der Waals surface area contributed by atoms with Gasteiger partial charge in [0, 0.05) is 0 Å². The lowest BCUT2D eigenvalue weighted by molar-refractivity contribution is -0.147. The maximum Gasteiger partial charge on any atom is 0.310 e. The van der Waals surface area contributed by atoms with E-state index >= 15 is 0 Å². The fourth-order valence-corrected chi connectivity index (χ4v) is 1.96. The minimum atomic E-state index is -0.691. The van der Waals surface area contributed by atoms with Crippen molar-refractivity contribution in [2.45, 2.75) is 19.8 Å². The molecule has 0 saturated heterocycles. The Bertz CT molecular complexity index is 330. The summed E-state index contributed by atoms with van der Waals surface area (Å²) in [5.74, 6) is -0.691. The van der Waals surface area contributed by atoms with Crippen molar-refractivity contribution in [3.63, 3.8) is 0 Å². The van der Waals surface area contributed by atoms with Crippen molar-refractivity contribution >= 4 is 5.97 Å². The lowest BCUT2D eigenvalue weighted by Gasteiger charge is -2.16. The highest BCUT2D eigenvalue weighted by Gasteiger charge is 2.39. The van der Waals surface area contributed by atoms with Crippen molar-refractivity contribution in [2.75, 3.05) is 0 Å². The smallest absolute Gasteiger partial charge is 0.310 e. The van der Waals surface area contributed by atoms with E-state index in [1.54, 1.807) is 0 Å². The Morgan fingerprint density at radius 1 is 1.31 bits per heavy atom. The molecule has 68 valence electrons. The molecule has 13 heavy (non-hydrogen) atoms. The summed E-state index contributed by atoms with van der Waals surface area (Å²) < 4.78 is 0. The maximum absolute atomic E-state index is 11.0. The third-order valence-electron chi connectivity index (χ3n) is 2.80. The first kappa shape index (κ1) is 8.30. The van der Waals surface area contributed by atoms with Crippen LogP contribution < -0.4 is 0 Å². The molecule has 0 saturated carbocycles. The highest BCUT2D eigenvalue weighted by molar-refractivity contribution is 5.76. The average molecular weight is 176 g/mol. The standard InChI is InChI=1S/C11H12O2/c1-11(10(12)13)6-8-4-2-3-5-9(8)7-11/h2-5H,6-7H2,1H3,(H,12,13). The van der Waals surface area contributed by atoms with Gasteiger partial charge >= 0.3 is 5.97 Å². The quantitative estimate of drug-likeness (QED) is 0.709. The normalized spacial score (nSPS) is 18.2. The van der Waals surface area contributed by atoms with Crippen LogP contribution in [0.2, 0.25) is 0 Å². The molecule has 0 radical (unpaired) electrons. The third kappa shape index (κ3) is 1.22. The van der Waals surface area contributed by atoms with Gasteiger partial charge in [0.2, 0.25) is 0 Å². The molecule has 1 aromatic carbocycles. The molecule has 1 aliphatic rings. The largest absolute Gasteiger partial charge is 0.481 e. The number of hydrogen-bond donors (Lipinski definition) is 1. The predicted molar refractivity (Wildman–Crippen MR) is 49.6 cm³/mol. The Hall–Kier alpha value is -1.31. The highest BCUT2D eigenvalue weighted by Crippen LogP contribution is 2.36. The van der Waals surface area contributed by atoms with Crippen LogP contribution in [0.4, 0.5) is 0 Å². The molecule has 0 fully saturated rings. The van der Waals surface area contributed by atoms with Gasteiger partial charge in [-0.05, 0) is 30.9 Å². The fourth-order valence-electron chi connectivity index (χ4n) is 1.96. The Balaban J connectivity index is 2.37. The van der Waals surface area contributed by atoms with Crippen LogP contribution >= 0.6 is 0 Å². The molecule has 2 rings (SSSR count). The second kappa shape index (κ2) is 2.59. The van der Waals surface area contributed by atoms with Crippen LogP contribution in [0.1, 0.15) is 18.1 Å². The van der Waals surface area contributed by atoms with E-state index in [-0.39, 0.29) is 0 Å². The third-order valence-corrected chi connectivity index (χ3v) is 2.80. The molecule has 0 amide bonds. The molecule has 2 heteroatoms. The molecule has 0 atom stereocenters. The summed E-state index contributed by atoms with van der Waals surface area (Å²) in [6.07, 6.45) is 1.33. The first-order valence-electron chi connectivity index (χ1n) is 4.42. The molecule has 1 aliphatic carbocycles. The molecule has 0 spiro atoms. The number of carboxylic acid groups (broad SMARTS) is 1. The zero-order valence-electron chi connectivity index (χ0n) is 7.58. The van der Waals surface area contributed by atoms with Crippen molar-refractivity contribution in [3.05, 3.63) is 35.4 Å². The monoisotopic (exact) mass is 176 g/mol. The minimum absolute atomic E-state index is 0.580. The van der Waals surface area contributed by atoms with E-state index in [2.05, 4.69) is 0 Å². The van der Waals surface area contributed by atoms with Crippen LogP contribution in [-0.2, 0) is 17.6 Å². The van der Waals surface area contributed by atoms with Crippen molar-refractivity contribution < 1.29 is 9.90 Å². The summed E-state index contributed by atoms with van der Waals surface area (Å²) in [7, 11) is 0. The Morgan fingerprint density at radius 3 is 2.15 bits per heavy atom. The van der Waals surface area contributed by atoms with E-state index in [0.717, 1.165) is 0 Å². The van der Waals surface area contributed by atoms with Gasteiger partial charge in [0.05, 0.1) is 5.41 Å². The average Bonchev–Trinajstić information content (AvgIpc) is 2.42. The summed E-state index contributed by atoms with van der Waals surface area (Å²) in [6, 6.07) is 7.96. The van der Waals surface area contributed by atoms with Crippen LogP contribution in [-0.4, -0.2) is 11.1 Å². The van der Waals surface area contributed by atoms with E-state index in [1.165, 1.54) is 11.1 Å². The fraction of sp³-hybridized carbons (Fsp3) is 0.364. The molecule has 1 aromatic rings. The summed E-state index contributed by atoms with van der Waals surface area (Å²) in [5, 5.41) is 9.04. The van der Waals surface area contributed by atoms with Crippen molar-refractivity contribution in [1.29, 1.82) is 0 Å².